The molecule has 2 rings (SSSR count). The summed E-state index contributed by atoms with van der Waals surface area (Å²) >= 11 is 0. The zero-order valence-corrected chi connectivity index (χ0v) is 13.1. The van der Waals surface area contributed by atoms with E-state index < -0.39 is 10.0 Å². The Balaban J connectivity index is 2.09. The molecule has 0 bridgehead atoms. The lowest BCUT2D eigenvalue weighted by Gasteiger charge is -2.29. The van der Waals surface area contributed by atoms with Gasteiger partial charge in [-0.1, -0.05) is 12.1 Å². The van der Waals surface area contributed by atoms with Gasteiger partial charge < -0.3 is 10.6 Å². The molecule has 2 unspecified atom stereocenters. The van der Waals surface area contributed by atoms with Gasteiger partial charge in [-0.3, -0.25) is 4.79 Å². The van der Waals surface area contributed by atoms with Crippen molar-refractivity contribution in [3.8, 4) is 0 Å². The Bertz CT molecular complexity index is 611. The number of piperidine rings is 1. The number of likely N-dealkylation sites (N-methyl/N-ethyl adjacent to an activating group) is 1. The minimum Gasteiger partial charge on any atom is -0.344 e. The second kappa shape index (κ2) is 6.13. The van der Waals surface area contributed by atoms with Gasteiger partial charge in [0.25, 0.3) is 0 Å². The van der Waals surface area contributed by atoms with Crippen LogP contribution in [0.2, 0.25) is 0 Å². The highest BCUT2D eigenvalue weighted by molar-refractivity contribution is 7.89. The van der Waals surface area contributed by atoms with E-state index in [1.54, 1.807) is 36.2 Å². The van der Waals surface area contributed by atoms with Gasteiger partial charge in [-0.05, 0) is 31.0 Å². The van der Waals surface area contributed by atoms with E-state index >= 15 is 0 Å². The van der Waals surface area contributed by atoms with Crippen molar-refractivity contribution in [3.63, 3.8) is 0 Å². The van der Waals surface area contributed by atoms with Crippen molar-refractivity contribution in [3.05, 3.63) is 29.8 Å². The predicted octanol–water partition coefficient (Wildman–Crippen LogP) is 0.605. The highest BCUT2D eigenvalue weighted by Crippen LogP contribution is 2.17. The summed E-state index contributed by atoms with van der Waals surface area (Å²) in [6.45, 7) is 2.24. The zero-order chi connectivity index (χ0) is 15.6. The molecule has 1 aliphatic rings. The first kappa shape index (κ1) is 15.9. The van der Waals surface area contributed by atoms with Gasteiger partial charge in [0.1, 0.15) is 0 Å². The van der Waals surface area contributed by atoms with Crippen LogP contribution in [-0.4, -0.2) is 38.9 Å². The minimum absolute atomic E-state index is 0.0479. The van der Waals surface area contributed by atoms with Crippen molar-refractivity contribution < 1.29 is 13.2 Å². The standard InChI is InChI=1S/C14H21N3O3S/c1-10(15)11-3-6-13(7-4-11)21(19,20)16-12-5-8-14(18)17(2)9-12/h3-4,6-7,10,12,16H,5,8-9,15H2,1-2H3. The Labute approximate surface area is 125 Å². The molecule has 1 aromatic carbocycles. The Morgan fingerprint density at radius 1 is 1.33 bits per heavy atom. The lowest BCUT2D eigenvalue weighted by atomic mass is 10.1. The van der Waals surface area contributed by atoms with Crippen molar-refractivity contribution in [2.45, 2.75) is 36.7 Å². The number of carbonyl (C=O) groups excluding carboxylic acids is 1. The maximum Gasteiger partial charge on any atom is 0.240 e. The first-order valence-corrected chi connectivity index (χ1v) is 8.40. The van der Waals surface area contributed by atoms with Crippen molar-refractivity contribution in [2.24, 2.45) is 5.73 Å². The fourth-order valence-electron chi connectivity index (χ4n) is 2.35. The van der Waals surface area contributed by atoms with E-state index in [0.717, 1.165) is 5.56 Å². The van der Waals surface area contributed by atoms with Crippen LogP contribution < -0.4 is 10.5 Å². The average Bonchev–Trinajstić information content (AvgIpc) is 2.43. The van der Waals surface area contributed by atoms with Crippen molar-refractivity contribution in [2.75, 3.05) is 13.6 Å². The fraction of sp³-hybridized carbons (Fsp3) is 0.500. The molecule has 1 heterocycles. The molecule has 1 aliphatic heterocycles. The smallest absolute Gasteiger partial charge is 0.240 e. The quantitative estimate of drug-likeness (QED) is 0.852. The van der Waals surface area contributed by atoms with Gasteiger partial charge in [0.05, 0.1) is 4.90 Å². The topological polar surface area (TPSA) is 92.5 Å². The van der Waals surface area contributed by atoms with E-state index in [1.807, 2.05) is 6.92 Å². The summed E-state index contributed by atoms with van der Waals surface area (Å²) in [5.74, 6) is 0.0479. The molecule has 7 heteroatoms. The average molecular weight is 311 g/mol. The molecule has 1 saturated heterocycles. The van der Waals surface area contributed by atoms with Crippen molar-refractivity contribution in [1.82, 2.24) is 9.62 Å². The summed E-state index contributed by atoms with van der Waals surface area (Å²) in [4.78, 5) is 13.2. The minimum atomic E-state index is -3.57. The van der Waals surface area contributed by atoms with Crippen LogP contribution in [0.15, 0.2) is 29.2 Å². The van der Waals surface area contributed by atoms with E-state index in [2.05, 4.69) is 4.72 Å². The first-order chi connectivity index (χ1) is 9.79. The van der Waals surface area contributed by atoms with Crippen LogP contribution in [0.3, 0.4) is 0 Å². The number of nitrogens with one attached hydrogen (secondary N) is 1. The number of hydrogen-bond donors (Lipinski definition) is 2. The van der Waals surface area contributed by atoms with Gasteiger partial charge in [0.2, 0.25) is 15.9 Å². The highest BCUT2D eigenvalue weighted by atomic mass is 32.2. The molecule has 0 aromatic heterocycles. The fourth-order valence-corrected chi connectivity index (χ4v) is 3.61. The van der Waals surface area contributed by atoms with Gasteiger partial charge in [0, 0.05) is 32.1 Å². The van der Waals surface area contributed by atoms with Gasteiger partial charge >= 0.3 is 0 Å². The van der Waals surface area contributed by atoms with Crippen LogP contribution in [0.4, 0.5) is 0 Å². The summed E-state index contributed by atoms with van der Waals surface area (Å²) in [6, 6.07) is 6.17. The second-order valence-electron chi connectivity index (χ2n) is 5.49. The predicted molar refractivity (Wildman–Crippen MR) is 80.0 cm³/mol. The van der Waals surface area contributed by atoms with E-state index in [0.29, 0.717) is 19.4 Å². The molecule has 0 saturated carbocycles. The monoisotopic (exact) mass is 311 g/mol. The van der Waals surface area contributed by atoms with Gasteiger partial charge in [-0.15, -0.1) is 0 Å². The molecule has 1 amide bonds. The molecule has 0 radical (unpaired) electrons. The van der Waals surface area contributed by atoms with Crippen molar-refractivity contribution >= 4 is 15.9 Å². The summed E-state index contributed by atoms with van der Waals surface area (Å²) in [6.07, 6.45) is 0.896. The Morgan fingerprint density at radius 2 is 1.95 bits per heavy atom. The number of benzene rings is 1. The Morgan fingerprint density at radius 3 is 2.48 bits per heavy atom. The van der Waals surface area contributed by atoms with Crippen LogP contribution in [0.25, 0.3) is 0 Å². The van der Waals surface area contributed by atoms with E-state index in [1.165, 1.54) is 0 Å². The molecule has 2 atom stereocenters. The number of rotatable bonds is 4. The summed E-state index contributed by atoms with van der Waals surface area (Å²) < 4.78 is 27.3. The van der Waals surface area contributed by atoms with Crippen LogP contribution in [-0.2, 0) is 14.8 Å². The SMILES string of the molecule is CC(N)c1ccc(S(=O)(=O)NC2CCC(=O)N(C)C2)cc1. The number of nitrogens with zero attached hydrogens (tertiary/aromatic N) is 1. The van der Waals surface area contributed by atoms with E-state index in [9.17, 15) is 13.2 Å². The van der Waals surface area contributed by atoms with Crippen molar-refractivity contribution in [1.29, 1.82) is 0 Å². The second-order valence-corrected chi connectivity index (χ2v) is 7.20. The van der Waals surface area contributed by atoms with Crippen LogP contribution in [0, 0.1) is 0 Å². The largest absolute Gasteiger partial charge is 0.344 e. The number of sulfonamides is 1. The molecular formula is C14H21N3O3S. The van der Waals surface area contributed by atoms with E-state index in [4.69, 9.17) is 5.73 Å². The number of carbonyl (C=O) groups is 1. The summed E-state index contributed by atoms with van der Waals surface area (Å²) in [7, 11) is -1.89. The summed E-state index contributed by atoms with van der Waals surface area (Å²) in [5, 5.41) is 0. The zero-order valence-electron chi connectivity index (χ0n) is 12.2. The number of amides is 1. The molecule has 1 aromatic rings. The third-order valence-corrected chi connectivity index (χ3v) is 5.20. The molecule has 1 fully saturated rings. The molecule has 116 valence electrons. The lowest BCUT2D eigenvalue weighted by molar-refractivity contribution is -0.132. The summed E-state index contributed by atoms with van der Waals surface area (Å²) in [5.41, 5.74) is 6.63. The maximum atomic E-state index is 12.3. The molecule has 3 N–H and O–H groups in total. The first-order valence-electron chi connectivity index (χ1n) is 6.91. The van der Waals surface area contributed by atoms with Crippen LogP contribution in [0.1, 0.15) is 31.4 Å². The van der Waals surface area contributed by atoms with Gasteiger partial charge in [0.15, 0.2) is 0 Å². The lowest BCUT2D eigenvalue weighted by Crippen LogP contribution is -2.48. The third kappa shape index (κ3) is 3.81. The van der Waals surface area contributed by atoms with Crippen LogP contribution >= 0.6 is 0 Å². The maximum absolute atomic E-state index is 12.3. The molecule has 0 aliphatic carbocycles. The third-order valence-electron chi connectivity index (χ3n) is 3.66. The van der Waals surface area contributed by atoms with Crippen LogP contribution in [0.5, 0.6) is 0 Å². The number of likely N-dealkylation sites (tertiary alicyclic amines) is 1. The van der Waals surface area contributed by atoms with Gasteiger partial charge in [-0.25, -0.2) is 13.1 Å². The molecule has 6 nitrogen and oxygen atoms in total. The molecule has 21 heavy (non-hydrogen) atoms. The Hall–Kier alpha value is -1.44. The van der Waals surface area contributed by atoms with Gasteiger partial charge in [-0.2, -0.15) is 0 Å². The molecule has 0 spiro atoms. The highest BCUT2D eigenvalue weighted by Gasteiger charge is 2.27. The van der Waals surface area contributed by atoms with E-state index in [-0.39, 0.29) is 22.9 Å². The normalized spacial score (nSPS) is 21.4. The number of hydrogen-bond acceptors (Lipinski definition) is 4. The number of nitrogens with two attached hydrogens (primary N) is 1. The Kier molecular flexibility index (Phi) is 4.65. The molecular weight excluding hydrogens is 290 g/mol.